The first-order valence-electron chi connectivity index (χ1n) is 9.63. The summed E-state index contributed by atoms with van der Waals surface area (Å²) in [6.45, 7) is 3.44. The minimum absolute atomic E-state index is 0.178. The van der Waals surface area contributed by atoms with E-state index >= 15 is 0 Å². The standard InChI is InChI=1S/C25H27NO2/c1-2-24(27)28-23(26)19-25(18-22-11-7-4-8-12-22)15-13-21(14-16-25)17-20-9-5-3-6-10-20/h2-15,23H,1,16-19,26H2. The molecule has 3 heteroatoms. The van der Waals surface area contributed by atoms with Crippen LogP contribution in [0.3, 0.4) is 0 Å². The quantitative estimate of drug-likeness (QED) is 0.413. The van der Waals surface area contributed by atoms with E-state index in [0.717, 1.165) is 25.3 Å². The summed E-state index contributed by atoms with van der Waals surface area (Å²) in [5, 5.41) is 0. The Hall–Kier alpha value is -2.91. The first kappa shape index (κ1) is 19.8. The second-order valence-electron chi connectivity index (χ2n) is 7.39. The molecule has 0 aliphatic heterocycles. The van der Waals surface area contributed by atoms with Crippen LogP contribution in [0.5, 0.6) is 0 Å². The average molecular weight is 373 g/mol. The van der Waals surface area contributed by atoms with E-state index in [1.54, 1.807) is 0 Å². The fourth-order valence-electron chi connectivity index (χ4n) is 3.71. The van der Waals surface area contributed by atoms with Crippen LogP contribution in [0.25, 0.3) is 0 Å². The van der Waals surface area contributed by atoms with Crippen molar-refractivity contribution in [2.24, 2.45) is 11.1 Å². The molecule has 0 radical (unpaired) electrons. The van der Waals surface area contributed by atoms with Gasteiger partial charge < -0.3 is 4.74 Å². The van der Waals surface area contributed by atoms with E-state index in [9.17, 15) is 4.79 Å². The Labute approximate surface area is 167 Å². The zero-order valence-electron chi connectivity index (χ0n) is 16.1. The lowest BCUT2D eigenvalue weighted by atomic mass is 9.72. The molecule has 3 nitrogen and oxygen atoms in total. The van der Waals surface area contributed by atoms with E-state index in [1.165, 1.54) is 16.7 Å². The summed E-state index contributed by atoms with van der Waals surface area (Å²) < 4.78 is 5.25. The summed E-state index contributed by atoms with van der Waals surface area (Å²) in [7, 11) is 0. The summed E-state index contributed by atoms with van der Waals surface area (Å²) >= 11 is 0. The molecule has 28 heavy (non-hydrogen) atoms. The lowest BCUT2D eigenvalue weighted by Crippen LogP contribution is -2.35. The molecule has 1 aliphatic rings. The van der Waals surface area contributed by atoms with Crippen molar-refractivity contribution in [3.8, 4) is 0 Å². The van der Waals surface area contributed by atoms with Crippen LogP contribution in [0.2, 0.25) is 0 Å². The Morgan fingerprint density at radius 2 is 1.75 bits per heavy atom. The number of rotatable bonds is 8. The van der Waals surface area contributed by atoms with Crippen LogP contribution >= 0.6 is 0 Å². The molecule has 1 aliphatic carbocycles. The Morgan fingerprint density at radius 3 is 2.32 bits per heavy atom. The number of ether oxygens (including phenoxy) is 1. The highest BCUT2D eigenvalue weighted by Crippen LogP contribution is 2.38. The Morgan fingerprint density at radius 1 is 1.11 bits per heavy atom. The van der Waals surface area contributed by atoms with Crippen molar-refractivity contribution in [3.05, 3.63) is 108 Å². The second-order valence-corrected chi connectivity index (χ2v) is 7.39. The van der Waals surface area contributed by atoms with Crippen molar-refractivity contribution in [2.75, 3.05) is 0 Å². The highest BCUT2D eigenvalue weighted by atomic mass is 16.6. The van der Waals surface area contributed by atoms with Crippen molar-refractivity contribution < 1.29 is 9.53 Å². The fourth-order valence-corrected chi connectivity index (χ4v) is 3.71. The first-order chi connectivity index (χ1) is 13.6. The van der Waals surface area contributed by atoms with Crippen molar-refractivity contribution in [2.45, 2.75) is 31.9 Å². The number of allylic oxidation sites excluding steroid dienone is 4. The number of benzene rings is 2. The summed E-state index contributed by atoms with van der Waals surface area (Å²) in [6.07, 6.45) is 10.4. The third kappa shape index (κ3) is 5.54. The van der Waals surface area contributed by atoms with E-state index < -0.39 is 12.2 Å². The highest BCUT2D eigenvalue weighted by Gasteiger charge is 2.32. The zero-order valence-corrected chi connectivity index (χ0v) is 16.1. The van der Waals surface area contributed by atoms with Gasteiger partial charge in [0.15, 0.2) is 6.23 Å². The van der Waals surface area contributed by atoms with Crippen LogP contribution < -0.4 is 5.73 Å². The number of hydrogen-bond donors (Lipinski definition) is 1. The molecule has 0 amide bonds. The number of hydrogen-bond acceptors (Lipinski definition) is 3. The Balaban J connectivity index is 1.75. The van der Waals surface area contributed by atoms with Gasteiger partial charge in [-0.1, -0.05) is 85.5 Å². The van der Waals surface area contributed by atoms with E-state index in [4.69, 9.17) is 10.5 Å². The molecule has 3 rings (SSSR count). The predicted octanol–water partition coefficient (Wildman–Crippen LogP) is 4.75. The van der Waals surface area contributed by atoms with Crippen LogP contribution in [-0.4, -0.2) is 12.2 Å². The largest absolute Gasteiger partial charge is 0.444 e. The van der Waals surface area contributed by atoms with Gasteiger partial charge in [0, 0.05) is 17.9 Å². The van der Waals surface area contributed by atoms with Gasteiger partial charge in [-0.2, -0.15) is 0 Å². The fraction of sp³-hybridized carbons (Fsp3) is 0.240. The lowest BCUT2D eigenvalue weighted by molar-refractivity contribution is -0.143. The molecule has 2 atom stereocenters. The molecular weight excluding hydrogens is 346 g/mol. The Bertz CT molecular complexity index is 855. The molecule has 0 saturated heterocycles. The maximum atomic E-state index is 11.5. The summed E-state index contributed by atoms with van der Waals surface area (Å²) in [6, 6.07) is 20.8. The van der Waals surface area contributed by atoms with E-state index in [0.29, 0.717) is 6.42 Å². The molecular formula is C25H27NO2. The minimum Gasteiger partial charge on any atom is -0.444 e. The number of carbonyl (C=O) groups excluding carboxylic acids is 1. The van der Waals surface area contributed by atoms with E-state index in [2.05, 4.69) is 61.2 Å². The lowest BCUT2D eigenvalue weighted by Gasteiger charge is -2.34. The molecule has 0 bridgehead atoms. The van der Waals surface area contributed by atoms with Crippen molar-refractivity contribution in [3.63, 3.8) is 0 Å². The van der Waals surface area contributed by atoms with Gasteiger partial charge in [-0.25, -0.2) is 4.79 Å². The molecule has 2 unspecified atom stereocenters. The monoisotopic (exact) mass is 373 g/mol. The van der Waals surface area contributed by atoms with E-state index in [-0.39, 0.29) is 5.41 Å². The minimum atomic E-state index is -0.664. The number of carbonyl (C=O) groups is 1. The van der Waals surface area contributed by atoms with Gasteiger partial charge in [-0.15, -0.1) is 0 Å². The number of esters is 1. The van der Waals surface area contributed by atoms with Crippen molar-refractivity contribution in [1.29, 1.82) is 0 Å². The van der Waals surface area contributed by atoms with Crippen molar-refractivity contribution in [1.82, 2.24) is 0 Å². The molecule has 2 aromatic rings. The normalized spacial score (nSPS) is 19.5. The zero-order chi connectivity index (χ0) is 19.8. The van der Waals surface area contributed by atoms with Crippen LogP contribution in [0, 0.1) is 5.41 Å². The smallest absolute Gasteiger partial charge is 0.331 e. The Kier molecular flexibility index (Phi) is 6.62. The third-order valence-electron chi connectivity index (χ3n) is 5.11. The van der Waals surface area contributed by atoms with Gasteiger partial charge in [0.25, 0.3) is 0 Å². The molecule has 2 N–H and O–H groups in total. The average Bonchev–Trinajstić information content (AvgIpc) is 2.71. The maximum absolute atomic E-state index is 11.5. The molecule has 0 aromatic heterocycles. The second kappa shape index (κ2) is 9.34. The summed E-state index contributed by atoms with van der Waals surface area (Å²) in [5.41, 5.74) is 9.79. The van der Waals surface area contributed by atoms with Gasteiger partial charge in [0.1, 0.15) is 0 Å². The first-order valence-corrected chi connectivity index (χ1v) is 9.63. The molecule has 0 spiro atoms. The molecule has 0 fully saturated rings. The van der Waals surface area contributed by atoms with Crippen molar-refractivity contribution >= 4 is 5.97 Å². The topological polar surface area (TPSA) is 52.3 Å². The summed E-state index contributed by atoms with van der Waals surface area (Å²) in [4.78, 5) is 11.5. The van der Waals surface area contributed by atoms with Crippen LogP contribution in [0.4, 0.5) is 0 Å². The predicted molar refractivity (Wildman–Crippen MR) is 113 cm³/mol. The summed E-state index contributed by atoms with van der Waals surface area (Å²) in [5.74, 6) is -0.484. The number of nitrogens with two attached hydrogens (primary N) is 1. The van der Waals surface area contributed by atoms with Gasteiger partial charge in [0.05, 0.1) is 0 Å². The maximum Gasteiger partial charge on any atom is 0.331 e. The highest BCUT2D eigenvalue weighted by molar-refractivity contribution is 5.81. The van der Waals surface area contributed by atoms with Gasteiger partial charge in [-0.3, -0.25) is 5.73 Å². The SMILES string of the molecule is C=CC(=O)OC(N)CC1(Cc2ccccc2)C=CC(Cc2ccccc2)=CC1. The molecule has 0 heterocycles. The van der Waals surface area contributed by atoms with Crippen LogP contribution in [0.1, 0.15) is 24.0 Å². The molecule has 144 valence electrons. The van der Waals surface area contributed by atoms with Crippen LogP contribution in [-0.2, 0) is 22.4 Å². The van der Waals surface area contributed by atoms with E-state index in [1.807, 2.05) is 24.3 Å². The van der Waals surface area contributed by atoms with Gasteiger partial charge in [-0.05, 0) is 36.0 Å². The van der Waals surface area contributed by atoms with Gasteiger partial charge >= 0.3 is 5.97 Å². The van der Waals surface area contributed by atoms with Crippen LogP contribution in [0.15, 0.2) is 97.1 Å². The van der Waals surface area contributed by atoms with Gasteiger partial charge in [0.2, 0.25) is 0 Å². The molecule has 2 aromatic carbocycles. The third-order valence-corrected chi connectivity index (χ3v) is 5.11. The molecule has 0 saturated carbocycles.